The van der Waals surface area contributed by atoms with Crippen LogP contribution in [0.1, 0.15) is 40.9 Å². The van der Waals surface area contributed by atoms with Crippen molar-refractivity contribution < 1.29 is 33.0 Å². The molecule has 0 aromatic heterocycles. The molecule has 0 fully saturated rings. The van der Waals surface area contributed by atoms with Gasteiger partial charge >= 0.3 is 6.18 Å². The zero-order valence-corrected chi connectivity index (χ0v) is 11.7. The Hall–Kier alpha value is -1.93. The normalized spacial score (nSPS) is 14.3. The Balaban J connectivity index is 2.91. The van der Waals surface area contributed by atoms with E-state index >= 15 is 0 Å². The van der Waals surface area contributed by atoms with Gasteiger partial charge in [-0.25, -0.2) is 0 Å². The summed E-state index contributed by atoms with van der Waals surface area (Å²) in [5, 5.41) is 22.0. The van der Waals surface area contributed by atoms with E-state index in [0.29, 0.717) is 6.07 Å². The molecule has 0 aliphatic heterocycles. The first kappa shape index (κ1) is 18.1. The van der Waals surface area contributed by atoms with Gasteiger partial charge in [-0.15, -0.1) is 0 Å². The summed E-state index contributed by atoms with van der Waals surface area (Å²) >= 11 is 0. The number of amides is 1. The molecule has 22 heavy (non-hydrogen) atoms. The lowest BCUT2D eigenvalue weighted by molar-refractivity contribution is -0.138. The molecule has 0 saturated heterocycles. The maximum atomic E-state index is 12.8. The average molecular weight is 319 g/mol. The zero-order valence-electron chi connectivity index (χ0n) is 11.7. The summed E-state index contributed by atoms with van der Waals surface area (Å²) in [6.07, 6.45) is -7.61. The number of aliphatic hydroxyl groups is 2. The van der Waals surface area contributed by atoms with Gasteiger partial charge in [0, 0.05) is 19.0 Å². The van der Waals surface area contributed by atoms with Gasteiger partial charge in [0.15, 0.2) is 6.29 Å². The van der Waals surface area contributed by atoms with Crippen LogP contribution in [0.3, 0.4) is 0 Å². The Bertz CT molecular complexity index is 545. The lowest BCUT2D eigenvalue weighted by Gasteiger charge is -2.20. The van der Waals surface area contributed by atoms with Gasteiger partial charge in [-0.1, -0.05) is 12.1 Å². The number of carbonyl (C=O) groups is 2. The van der Waals surface area contributed by atoms with Gasteiger partial charge in [-0.2, -0.15) is 13.2 Å². The van der Waals surface area contributed by atoms with Crippen LogP contribution in [0.15, 0.2) is 18.2 Å². The number of aliphatic hydroxyl groups excluding tert-OH is 2. The predicted molar refractivity (Wildman–Crippen MR) is 71.1 cm³/mol. The number of alkyl halides is 3. The fraction of sp³-hybridized carbons (Fsp3) is 0.429. The number of nitrogens with one attached hydrogen (secondary N) is 1. The lowest BCUT2D eigenvalue weighted by Crippen LogP contribution is -2.27. The molecule has 1 rings (SSSR count). The highest BCUT2D eigenvalue weighted by atomic mass is 19.4. The van der Waals surface area contributed by atoms with Crippen molar-refractivity contribution in [1.82, 2.24) is 5.32 Å². The fourth-order valence-electron chi connectivity index (χ4n) is 1.88. The van der Waals surface area contributed by atoms with E-state index in [2.05, 4.69) is 5.32 Å². The van der Waals surface area contributed by atoms with Crippen LogP contribution in [-0.2, 0) is 11.0 Å². The highest BCUT2D eigenvalue weighted by Crippen LogP contribution is 2.33. The van der Waals surface area contributed by atoms with Crippen LogP contribution in [0.2, 0.25) is 0 Å². The molecule has 0 aliphatic rings. The summed E-state index contributed by atoms with van der Waals surface area (Å²) in [7, 11) is 0. The highest BCUT2D eigenvalue weighted by Gasteiger charge is 2.34. The van der Waals surface area contributed by atoms with Gasteiger partial charge in [-0.3, -0.25) is 9.59 Å². The molecule has 5 nitrogen and oxygen atoms in total. The molecular formula is C14H16F3NO4. The largest absolute Gasteiger partial charge is 0.417 e. The molecule has 2 unspecified atom stereocenters. The number of aldehydes is 1. The van der Waals surface area contributed by atoms with Crippen molar-refractivity contribution in [3.63, 3.8) is 0 Å². The number of hydrogen-bond acceptors (Lipinski definition) is 4. The molecule has 1 amide bonds. The molecule has 0 spiro atoms. The summed E-state index contributed by atoms with van der Waals surface area (Å²) in [6, 6.07) is 2.72. The summed E-state index contributed by atoms with van der Waals surface area (Å²) in [6.45, 7) is 1.35. The number of hydrogen-bond donors (Lipinski definition) is 3. The third-order valence-electron chi connectivity index (χ3n) is 3.03. The third kappa shape index (κ3) is 4.81. The molecule has 8 heteroatoms. The Morgan fingerprint density at radius 1 is 1.36 bits per heavy atom. The fourth-order valence-corrected chi connectivity index (χ4v) is 1.88. The Morgan fingerprint density at radius 3 is 2.50 bits per heavy atom. The number of carbonyl (C=O) groups excluding carboxylic acids is 2. The molecule has 0 bridgehead atoms. The molecule has 0 aliphatic carbocycles. The van der Waals surface area contributed by atoms with Crippen LogP contribution in [0, 0.1) is 0 Å². The van der Waals surface area contributed by atoms with Crippen molar-refractivity contribution >= 4 is 12.2 Å². The minimum atomic E-state index is -4.74. The van der Waals surface area contributed by atoms with Gasteiger partial charge in [0.1, 0.15) is 6.10 Å². The van der Waals surface area contributed by atoms with Gasteiger partial charge in [0.25, 0.3) is 0 Å². The summed E-state index contributed by atoms with van der Waals surface area (Å²) in [4.78, 5) is 21.3. The maximum absolute atomic E-state index is 12.8. The van der Waals surface area contributed by atoms with Crippen LogP contribution in [-0.4, -0.2) is 35.1 Å². The number of benzene rings is 1. The topological polar surface area (TPSA) is 86.6 Å². The van der Waals surface area contributed by atoms with E-state index in [0.717, 1.165) is 12.1 Å². The Labute approximate surface area is 124 Å². The smallest absolute Gasteiger partial charge is 0.390 e. The summed E-state index contributed by atoms with van der Waals surface area (Å²) in [5.74, 6) is -0.323. The molecule has 0 saturated carbocycles. The minimum absolute atomic E-state index is 0.0302. The molecule has 1 aromatic carbocycles. The third-order valence-corrected chi connectivity index (χ3v) is 3.03. The molecule has 1 aromatic rings. The molecule has 3 N–H and O–H groups in total. The Morgan fingerprint density at radius 2 is 2.00 bits per heavy atom. The summed E-state index contributed by atoms with van der Waals surface area (Å²) < 4.78 is 38.5. The van der Waals surface area contributed by atoms with Crippen molar-refractivity contribution in [2.45, 2.75) is 31.7 Å². The van der Waals surface area contributed by atoms with Crippen LogP contribution >= 0.6 is 0 Å². The SMILES string of the molecule is CC(=O)NCCC(O)C(O)c1ccc(C=O)c(C(F)(F)F)c1. The monoisotopic (exact) mass is 319 g/mol. The van der Waals surface area contributed by atoms with E-state index in [4.69, 9.17) is 0 Å². The van der Waals surface area contributed by atoms with E-state index in [1.807, 2.05) is 0 Å². The van der Waals surface area contributed by atoms with Crippen LogP contribution < -0.4 is 5.32 Å². The highest BCUT2D eigenvalue weighted by molar-refractivity contribution is 5.77. The van der Waals surface area contributed by atoms with Gasteiger partial charge in [-0.05, 0) is 18.1 Å². The standard InChI is InChI=1S/C14H16F3NO4/c1-8(20)18-5-4-12(21)13(22)9-2-3-10(7-19)11(6-9)14(15,16)17/h2-3,6-7,12-13,21-22H,4-5H2,1H3,(H,18,20). The van der Waals surface area contributed by atoms with Crippen molar-refractivity contribution in [2.75, 3.05) is 6.54 Å². The van der Waals surface area contributed by atoms with E-state index in [1.165, 1.54) is 6.92 Å². The van der Waals surface area contributed by atoms with Crippen LogP contribution in [0.4, 0.5) is 13.2 Å². The van der Waals surface area contributed by atoms with E-state index < -0.39 is 29.5 Å². The Kier molecular flexibility index (Phi) is 6.07. The second kappa shape index (κ2) is 7.37. The quantitative estimate of drug-likeness (QED) is 0.693. The molecular weight excluding hydrogens is 303 g/mol. The van der Waals surface area contributed by atoms with E-state index in [1.54, 1.807) is 0 Å². The van der Waals surface area contributed by atoms with Gasteiger partial charge < -0.3 is 15.5 Å². The van der Waals surface area contributed by atoms with Gasteiger partial charge in [0.05, 0.1) is 11.7 Å². The molecule has 2 atom stereocenters. The number of halogens is 3. The molecule has 0 heterocycles. The summed E-state index contributed by atoms with van der Waals surface area (Å²) in [5.41, 5.74) is -1.88. The minimum Gasteiger partial charge on any atom is -0.390 e. The first-order chi connectivity index (χ1) is 10.2. The first-order valence-corrected chi connectivity index (χ1v) is 6.43. The van der Waals surface area contributed by atoms with Crippen molar-refractivity contribution in [3.8, 4) is 0 Å². The first-order valence-electron chi connectivity index (χ1n) is 6.43. The van der Waals surface area contributed by atoms with Crippen LogP contribution in [0.25, 0.3) is 0 Å². The van der Waals surface area contributed by atoms with Crippen molar-refractivity contribution in [2.24, 2.45) is 0 Å². The van der Waals surface area contributed by atoms with Crippen molar-refractivity contribution in [1.29, 1.82) is 0 Å². The van der Waals surface area contributed by atoms with Gasteiger partial charge in [0.2, 0.25) is 5.91 Å². The molecule has 0 radical (unpaired) electrons. The zero-order chi connectivity index (χ0) is 16.9. The van der Waals surface area contributed by atoms with E-state index in [-0.39, 0.29) is 30.7 Å². The number of rotatable bonds is 6. The van der Waals surface area contributed by atoms with E-state index in [9.17, 15) is 33.0 Å². The predicted octanol–water partition coefficient (Wildman–Crippen LogP) is 1.44. The van der Waals surface area contributed by atoms with Crippen molar-refractivity contribution in [3.05, 3.63) is 34.9 Å². The maximum Gasteiger partial charge on any atom is 0.417 e. The van der Waals surface area contributed by atoms with Crippen LogP contribution in [0.5, 0.6) is 0 Å². The lowest BCUT2D eigenvalue weighted by atomic mass is 9.97. The second-order valence-electron chi connectivity index (χ2n) is 4.75. The average Bonchev–Trinajstić information content (AvgIpc) is 2.44. The second-order valence-corrected chi connectivity index (χ2v) is 4.75. The molecule has 122 valence electrons.